The van der Waals surface area contributed by atoms with Gasteiger partial charge < -0.3 is 37.6 Å². The molecule has 1 unspecified atom stereocenters. The topological polar surface area (TPSA) is 218 Å². The van der Waals surface area contributed by atoms with Crippen LogP contribution in [0.25, 0.3) is 32.3 Å². The van der Waals surface area contributed by atoms with Gasteiger partial charge in [-0.2, -0.15) is 0 Å². The van der Waals surface area contributed by atoms with Crippen molar-refractivity contribution in [2.45, 2.75) is 109 Å². The summed E-state index contributed by atoms with van der Waals surface area (Å²) in [6.45, 7) is 5.65. The number of carbonyl (C=O) groups excluding carboxylic acids is 7. The summed E-state index contributed by atoms with van der Waals surface area (Å²) in [5, 5.41) is 23.4. The minimum Gasteiger partial charge on any atom is -0.368 e. The van der Waals surface area contributed by atoms with Gasteiger partial charge in [0, 0.05) is 52.1 Å². The number of hydrogen-bond donors (Lipinski definition) is 7. The molecular weight excluding hydrogens is 895 g/mol. The lowest BCUT2D eigenvalue weighted by molar-refractivity contribution is -0.132. The van der Waals surface area contributed by atoms with Gasteiger partial charge in [0.05, 0.1) is 0 Å². The Hall–Kier alpha value is -7.61. The fourth-order valence-corrected chi connectivity index (χ4v) is 8.68. The molecule has 0 aliphatic carbocycles. The van der Waals surface area contributed by atoms with Crippen molar-refractivity contribution in [1.29, 1.82) is 0 Å². The maximum absolute atomic E-state index is 13.8. The Bertz CT molecular complexity index is 2830. The molecule has 0 saturated carbocycles. The van der Waals surface area contributed by atoms with E-state index in [0.717, 1.165) is 49.0 Å². The van der Waals surface area contributed by atoms with Crippen molar-refractivity contribution in [3.63, 3.8) is 0 Å². The molecular formula is C57H67N7O7. The second-order valence-electron chi connectivity index (χ2n) is 18.4. The van der Waals surface area contributed by atoms with Crippen LogP contribution in [0.2, 0.25) is 0 Å². The second-order valence-corrected chi connectivity index (χ2v) is 18.4. The van der Waals surface area contributed by atoms with E-state index in [-0.39, 0.29) is 67.7 Å². The SMILES string of the molecule is CCC(C)[C@H](NC(=O)[C@H](Cc1ccc2ccccc2c1)NC(=O)CCCCNC(=O)[C@H](Cc1ccc2ccccc2c1)NC(=O)CCCCNC(=O)[C@H](Cc1ccc2ccccc2c1)NC(C)=O)C(N)=O. The lowest BCUT2D eigenvalue weighted by atomic mass is 9.97. The van der Waals surface area contributed by atoms with Gasteiger partial charge in [-0.25, -0.2) is 0 Å². The summed E-state index contributed by atoms with van der Waals surface area (Å²) in [6, 6.07) is 37.9. The second kappa shape index (κ2) is 26.4. The molecule has 7 amide bonds. The molecule has 71 heavy (non-hydrogen) atoms. The normalized spacial score (nSPS) is 13.3. The van der Waals surface area contributed by atoms with E-state index in [1.54, 1.807) is 0 Å². The number of benzene rings is 6. The number of amides is 7. The number of rotatable bonds is 26. The minimum atomic E-state index is -0.971. The maximum Gasteiger partial charge on any atom is 0.243 e. The molecule has 0 fully saturated rings. The Morgan fingerprint density at radius 2 is 0.831 bits per heavy atom. The summed E-state index contributed by atoms with van der Waals surface area (Å²) in [4.78, 5) is 91.7. The Morgan fingerprint density at radius 1 is 0.465 bits per heavy atom. The molecule has 0 heterocycles. The largest absolute Gasteiger partial charge is 0.368 e. The summed E-state index contributed by atoms with van der Waals surface area (Å²) in [7, 11) is 0. The number of primary amides is 1. The Kier molecular flexibility index (Phi) is 19.6. The summed E-state index contributed by atoms with van der Waals surface area (Å²) in [5.74, 6) is -3.02. The fourth-order valence-electron chi connectivity index (χ4n) is 8.68. The third-order valence-corrected chi connectivity index (χ3v) is 12.8. The molecule has 0 bridgehead atoms. The van der Waals surface area contributed by atoms with E-state index in [0.29, 0.717) is 45.1 Å². The van der Waals surface area contributed by atoms with Crippen LogP contribution in [0.5, 0.6) is 0 Å². The first kappa shape index (κ1) is 52.8. The average molecular weight is 962 g/mol. The smallest absolute Gasteiger partial charge is 0.243 e. The van der Waals surface area contributed by atoms with Crippen LogP contribution in [0.15, 0.2) is 127 Å². The molecule has 0 aliphatic rings. The summed E-state index contributed by atoms with van der Waals surface area (Å²) in [5.41, 5.74) is 8.29. The van der Waals surface area contributed by atoms with Crippen LogP contribution in [0, 0.1) is 5.92 Å². The van der Waals surface area contributed by atoms with Crippen molar-refractivity contribution in [2.24, 2.45) is 11.7 Å². The zero-order chi connectivity index (χ0) is 50.7. The van der Waals surface area contributed by atoms with Gasteiger partial charge in [0.2, 0.25) is 41.4 Å². The quantitative estimate of drug-likeness (QED) is 0.0311. The highest BCUT2D eigenvalue weighted by Gasteiger charge is 2.29. The third-order valence-electron chi connectivity index (χ3n) is 12.8. The van der Waals surface area contributed by atoms with E-state index in [4.69, 9.17) is 5.73 Å². The van der Waals surface area contributed by atoms with Gasteiger partial charge in [-0.1, -0.05) is 148 Å². The number of nitrogens with two attached hydrogens (primary N) is 1. The van der Waals surface area contributed by atoms with Gasteiger partial charge in [0.25, 0.3) is 0 Å². The van der Waals surface area contributed by atoms with Gasteiger partial charge in [-0.05, 0) is 80.6 Å². The first-order valence-electron chi connectivity index (χ1n) is 24.7. The highest BCUT2D eigenvalue weighted by Crippen LogP contribution is 2.20. The Balaban J connectivity index is 0.997. The van der Waals surface area contributed by atoms with E-state index < -0.39 is 36.0 Å². The van der Waals surface area contributed by atoms with E-state index in [9.17, 15) is 33.6 Å². The summed E-state index contributed by atoms with van der Waals surface area (Å²) >= 11 is 0. The number of fused-ring (bicyclic) bond motifs is 3. The molecule has 14 nitrogen and oxygen atoms in total. The van der Waals surface area contributed by atoms with Crippen LogP contribution >= 0.6 is 0 Å². The predicted molar refractivity (Wildman–Crippen MR) is 279 cm³/mol. The molecule has 0 radical (unpaired) electrons. The molecule has 0 spiro atoms. The predicted octanol–water partition coefficient (Wildman–Crippen LogP) is 6.24. The van der Waals surface area contributed by atoms with Gasteiger partial charge in [-0.15, -0.1) is 0 Å². The molecule has 0 aliphatic heterocycles. The van der Waals surface area contributed by atoms with E-state index in [2.05, 4.69) is 31.9 Å². The molecule has 6 aromatic rings. The van der Waals surface area contributed by atoms with Crippen molar-refractivity contribution < 1.29 is 33.6 Å². The van der Waals surface area contributed by atoms with Crippen molar-refractivity contribution in [3.05, 3.63) is 144 Å². The number of nitrogens with one attached hydrogen (secondary N) is 6. The molecule has 14 heteroatoms. The number of carbonyl (C=O) groups is 7. The molecule has 372 valence electrons. The lowest BCUT2D eigenvalue weighted by Crippen LogP contribution is -2.55. The standard InChI is InChI=1S/C57H67N7O7/c1-4-37(2)53(54(58)68)64-57(71)50(36-41-25-28-44-17-7-10-20-47(44)33-41)63-52(67)22-12-14-30-60-56(70)49(35-40-24-27-43-16-6-9-19-46(43)32-40)62-51(66)21-11-13-29-59-55(69)48(61-38(3)65)34-39-23-26-42-15-5-8-18-45(42)31-39/h5-10,15-20,23-28,31-33,37,48-50,53H,4,11-14,21-22,29-30,34-36H2,1-3H3,(H2,58,68)(H,59,69)(H,60,70)(H,61,65)(H,62,66)(H,63,67)(H,64,71)/t37?,48-,49-,50-,53-/m0/s1. The van der Waals surface area contributed by atoms with Gasteiger partial charge >= 0.3 is 0 Å². The van der Waals surface area contributed by atoms with Crippen LogP contribution in [0.3, 0.4) is 0 Å². The number of unbranched alkanes of at least 4 members (excludes halogenated alkanes) is 2. The highest BCUT2D eigenvalue weighted by atomic mass is 16.2. The van der Waals surface area contributed by atoms with Crippen molar-refractivity contribution in [2.75, 3.05) is 13.1 Å². The molecule has 6 aromatic carbocycles. The van der Waals surface area contributed by atoms with Crippen LogP contribution in [0.1, 0.15) is 82.4 Å². The zero-order valence-electron chi connectivity index (χ0n) is 40.9. The van der Waals surface area contributed by atoms with Crippen molar-refractivity contribution in [1.82, 2.24) is 31.9 Å². The van der Waals surface area contributed by atoms with E-state index >= 15 is 0 Å². The van der Waals surface area contributed by atoms with Crippen molar-refractivity contribution >= 4 is 73.7 Å². The van der Waals surface area contributed by atoms with Gasteiger partial charge in [-0.3, -0.25) is 33.6 Å². The number of hydrogen-bond acceptors (Lipinski definition) is 7. The molecule has 8 N–H and O–H groups in total. The minimum absolute atomic E-state index is 0.0814. The Morgan fingerprint density at radius 3 is 1.20 bits per heavy atom. The third kappa shape index (κ3) is 16.2. The van der Waals surface area contributed by atoms with Crippen LogP contribution < -0.4 is 37.6 Å². The monoisotopic (exact) mass is 962 g/mol. The van der Waals surface area contributed by atoms with E-state index in [1.165, 1.54) is 6.92 Å². The first-order chi connectivity index (χ1) is 34.3. The van der Waals surface area contributed by atoms with Crippen LogP contribution in [-0.4, -0.2) is 78.6 Å². The van der Waals surface area contributed by atoms with E-state index in [1.807, 2.05) is 141 Å². The maximum atomic E-state index is 13.8. The van der Waals surface area contributed by atoms with Crippen LogP contribution in [-0.2, 0) is 52.8 Å². The molecule has 0 aromatic heterocycles. The summed E-state index contributed by atoms with van der Waals surface area (Å²) < 4.78 is 0. The zero-order valence-corrected chi connectivity index (χ0v) is 40.9. The average Bonchev–Trinajstić information content (AvgIpc) is 3.36. The molecule has 6 rings (SSSR count). The van der Waals surface area contributed by atoms with Gasteiger partial charge in [0.1, 0.15) is 24.2 Å². The van der Waals surface area contributed by atoms with Crippen LogP contribution in [0.4, 0.5) is 0 Å². The highest BCUT2D eigenvalue weighted by molar-refractivity contribution is 5.93. The summed E-state index contributed by atoms with van der Waals surface area (Å²) in [6.07, 6.45) is 3.38. The lowest BCUT2D eigenvalue weighted by Gasteiger charge is -2.25. The molecule has 5 atom stereocenters. The first-order valence-corrected chi connectivity index (χ1v) is 24.7. The Labute approximate surface area is 415 Å². The van der Waals surface area contributed by atoms with Gasteiger partial charge in [0.15, 0.2) is 0 Å². The van der Waals surface area contributed by atoms with Crippen molar-refractivity contribution in [3.8, 4) is 0 Å². The molecule has 0 saturated heterocycles. The fraction of sp³-hybridized carbons (Fsp3) is 0.351.